The maximum Gasteiger partial charge on any atom is 0.223 e. The van der Waals surface area contributed by atoms with Crippen molar-refractivity contribution < 1.29 is 4.79 Å². The highest BCUT2D eigenvalue weighted by molar-refractivity contribution is 5.85. The fourth-order valence-corrected chi connectivity index (χ4v) is 3.39. The first kappa shape index (κ1) is 16.8. The van der Waals surface area contributed by atoms with Crippen LogP contribution in [-0.4, -0.2) is 25.0 Å². The zero-order valence-electron chi connectivity index (χ0n) is 12.1. The van der Waals surface area contributed by atoms with Crippen molar-refractivity contribution in [2.75, 3.05) is 13.1 Å². The number of carbonyl (C=O) groups is 1. The van der Waals surface area contributed by atoms with Gasteiger partial charge in [0.1, 0.15) is 0 Å². The minimum Gasteiger partial charge on any atom is -0.353 e. The van der Waals surface area contributed by atoms with Crippen molar-refractivity contribution in [1.29, 1.82) is 0 Å². The molecule has 1 heterocycles. The van der Waals surface area contributed by atoms with Crippen molar-refractivity contribution >= 4 is 18.3 Å². The molecule has 2 fully saturated rings. The van der Waals surface area contributed by atoms with Crippen LogP contribution in [0.25, 0.3) is 0 Å². The van der Waals surface area contributed by atoms with Gasteiger partial charge in [0.2, 0.25) is 5.91 Å². The molecule has 1 saturated heterocycles. The van der Waals surface area contributed by atoms with E-state index in [0.717, 1.165) is 44.7 Å². The highest BCUT2D eigenvalue weighted by atomic mass is 35.5. The maximum absolute atomic E-state index is 12.3. The molecule has 0 bridgehead atoms. The molecule has 112 valence electrons. The van der Waals surface area contributed by atoms with Crippen LogP contribution in [0.2, 0.25) is 0 Å². The summed E-state index contributed by atoms with van der Waals surface area (Å²) in [5.41, 5.74) is 0. The molecule has 0 aromatic carbocycles. The number of amides is 1. The first-order valence-electron chi connectivity index (χ1n) is 7.80. The molecule has 1 aliphatic carbocycles. The molecule has 1 atom stereocenters. The Labute approximate surface area is 123 Å². The molecule has 1 unspecified atom stereocenters. The van der Waals surface area contributed by atoms with Crippen LogP contribution in [0.4, 0.5) is 0 Å². The van der Waals surface area contributed by atoms with Gasteiger partial charge in [-0.25, -0.2) is 0 Å². The molecule has 4 heteroatoms. The molecule has 0 radical (unpaired) electrons. The van der Waals surface area contributed by atoms with E-state index < -0.39 is 0 Å². The third-order valence-corrected chi connectivity index (χ3v) is 4.64. The van der Waals surface area contributed by atoms with E-state index in [1.807, 2.05) is 0 Å². The van der Waals surface area contributed by atoms with Gasteiger partial charge in [0.25, 0.3) is 0 Å². The first-order chi connectivity index (χ1) is 8.79. The standard InChI is InChI=1S/C15H28N2O.ClH/c1-2-13(11-12-5-3-4-6-12)15(18)17-14-7-9-16-10-8-14;/h12-14,16H,2-11H2,1H3,(H,17,18);1H. The second-order valence-corrected chi connectivity index (χ2v) is 6.02. The second-order valence-electron chi connectivity index (χ2n) is 6.02. The van der Waals surface area contributed by atoms with Crippen LogP contribution >= 0.6 is 12.4 Å². The lowest BCUT2D eigenvalue weighted by atomic mass is 9.90. The van der Waals surface area contributed by atoms with Crippen LogP contribution in [0, 0.1) is 11.8 Å². The van der Waals surface area contributed by atoms with E-state index in [1.165, 1.54) is 25.7 Å². The lowest BCUT2D eigenvalue weighted by Gasteiger charge is -2.26. The quantitative estimate of drug-likeness (QED) is 0.817. The summed E-state index contributed by atoms with van der Waals surface area (Å²) in [6, 6.07) is 0.413. The van der Waals surface area contributed by atoms with E-state index >= 15 is 0 Å². The summed E-state index contributed by atoms with van der Waals surface area (Å²) in [6.07, 6.45) is 9.72. The Morgan fingerprint density at radius 3 is 2.42 bits per heavy atom. The molecule has 0 aromatic heterocycles. The van der Waals surface area contributed by atoms with Crippen LogP contribution in [0.1, 0.15) is 58.3 Å². The number of halogens is 1. The van der Waals surface area contributed by atoms with E-state index in [9.17, 15) is 4.79 Å². The van der Waals surface area contributed by atoms with Crippen LogP contribution in [-0.2, 0) is 4.79 Å². The summed E-state index contributed by atoms with van der Waals surface area (Å²) in [4.78, 5) is 12.3. The summed E-state index contributed by atoms with van der Waals surface area (Å²) in [7, 11) is 0. The van der Waals surface area contributed by atoms with Gasteiger partial charge >= 0.3 is 0 Å². The van der Waals surface area contributed by atoms with E-state index in [0.29, 0.717) is 11.9 Å². The van der Waals surface area contributed by atoms with Crippen molar-refractivity contribution in [3.8, 4) is 0 Å². The molecular formula is C15H29ClN2O. The van der Waals surface area contributed by atoms with E-state index in [-0.39, 0.29) is 18.3 Å². The van der Waals surface area contributed by atoms with Gasteiger partial charge in [-0.15, -0.1) is 12.4 Å². The predicted molar refractivity (Wildman–Crippen MR) is 81.6 cm³/mol. The zero-order valence-corrected chi connectivity index (χ0v) is 12.9. The Morgan fingerprint density at radius 2 is 1.84 bits per heavy atom. The molecule has 2 N–H and O–H groups in total. The summed E-state index contributed by atoms with van der Waals surface area (Å²) < 4.78 is 0. The molecule has 0 aromatic rings. The fraction of sp³-hybridized carbons (Fsp3) is 0.933. The SMILES string of the molecule is CCC(CC1CCCC1)C(=O)NC1CCNCC1.Cl. The van der Waals surface area contributed by atoms with Crippen LogP contribution in [0.5, 0.6) is 0 Å². The van der Waals surface area contributed by atoms with Crippen molar-refractivity contribution in [3.63, 3.8) is 0 Å². The van der Waals surface area contributed by atoms with Crippen LogP contribution in [0.15, 0.2) is 0 Å². The normalized spacial score (nSPS) is 22.8. The lowest BCUT2D eigenvalue weighted by molar-refractivity contribution is -0.126. The van der Waals surface area contributed by atoms with Gasteiger partial charge in [0.05, 0.1) is 0 Å². The summed E-state index contributed by atoms with van der Waals surface area (Å²) in [5, 5.41) is 6.60. The highest BCUT2D eigenvalue weighted by Gasteiger charge is 2.25. The highest BCUT2D eigenvalue weighted by Crippen LogP contribution is 2.31. The topological polar surface area (TPSA) is 41.1 Å². The molecule has 2 aliphatic rings. The monoisotopic (exact) mass is 288 g/mol. The van der Waals surface area contributed by atoms with Gasteiger partial charge < -0.3 is 10.6 Å². The zero-order chi connectivity index (χ0) is 12.8. The summed E-state index contributed by atoms with van der Waals surface area (Å²) in [5.74, 6) is 1.38. The number of rotatable bonds is 5. The smallest absolute Gasteiger partial charge is 0.223 e. The number of hydrogen-bond acceptors (Lipinski definition) is 2. The van der Waals surface area contributed by atoms with E-state index in [4.69, 9.17) is 0 Å². The molecule has 0 spiro atoms. The molecule has 1 amide bonds. The largest absolute Gasteiger partial charge is 0.353 e. The van der Waals surface area contributed by atoms with Gasteiger partial charge in [-0.2, -0.15) is 0 Å². The molecule has 3 nitrogen and oxygen atoms in total. The lowest BCUT2D eigenvalue weighted by Crippen LogP contribution is -2.45. The van der Waals surface area contributed by atoms with Gasteiger partial charge in [-0.3, -0.25) is 4.79 Å². The Bertz CT molecular complexity index is 261. The molecule has 2 rings (SSSR count). The molecular weight excluding hydrogens is 260 g/mol. The van der Waals surface area contributed by atoms with Crippen LogP contribution < -0.4 is 10.6 Å². The average Bonchev–Trinajstić information content (AvgIpc) is 2.90. The Hall–Kier alpha value is -0.280. The maximum atomic E-state index is 12.3. The minimum atomic E-state index is 0. The number of carbonyl (C=O) groups excluding carboxylic acids is 1. The van der Waals surface area contributed by atoms with Gasteiger partial charge in [0.15, 0.2) is 0 Å². The van der Waals surface area contributed by atoms with Gasteiger partial charge in [-0.05, 0) is 44.7 Å². The van der Waals surface area contributed by atoms with E-state index in [2.05, 4.69) is 17.6 Å². The predicted octanol–water partition coefficient (Wildman–Crippen LogP) is 2.88. The van der Waals surface area contributed by atoms with E-state index in [1.54, 1.807) is 0 Å². The van der Waals surface area contributed by atoms with Crippen molar-refractivity contribution in [1.82, 2.24) is 10.6 Å². The Balaban J connectivity index is 0.00000180. The second kappa shape index (κ2) is 8.80. The molecule has 1 aliphatic heterocycles. The minimum absolute atomic E-state index is 0. The third kappa shape index (κ3) is 5.31. The Kier molecular flexibility index (Phi) is 7.77. The van der Waals surface area contributed by atoms with Gasteiger partial charge in [-0.1, -0.05) is 32.6 Å². The number of nitrogens with one attached hydrogen (secondary N) is 2. The van der Waals surface area contributed by atoms with Crippen molar-refractivity contribution in [3.05, 3.63) is 0 Å². The van der Waals surface area contributed by atoms with Crippen LogP contribution in [0.3, 0.4) is 0 Å². The number of piperidine rings is 1. The molecule has 1 saturated carbocycles. The fourth-order valence-electron chi connectivity index (χ4n) is 3.39. The summed E-state index contributed by atoms with van der Waals surface area (Å²) >= 11 is 0. The third-order valence-electron chi connectivity index (χ3n) is 4.64. The summed E-state index contributed by atoms with van der Waals surface area (Å²) in [6.45, 7) is 4.25. The van der Waals surface area contributed by atoms with Gasteiger partial charge in [0, 0.05) is 12.0 Å². The first-order valence-corrected chi connectivity index (χ1v) is 7.80. The Morgan fingerprint density at radius 1 is 1.21 bits per heavy atom. The van der Waals surface area contributed by atoms with Crippen molar-refractivity contribution in [2.45, 2.75) is 64.3 Å². The number of hydrogen-bond donors (Lipinski definition) is 2. The van der Waals surface area contributed by atoms with Crippen molar-refractivity contribution in [2.24, 2.45) is 11.8 Å². The molecule has 19 heavy (non-hydrogen) atoms. The average molecular weight is 289 g/mol.